The van der Waals surface area contributed by atoms with Crippen LogP contribution in [-0.4, -0.2) is 36.0 Å². The van der Waals surface area contributed by atoms with Gasteiger partial charge in [-0.15, -0.1) is 11.3 Å². The first-order valence-corrected chi connectivity index (χ1v) is 12.1. The van der Waals surface area contributed by atoms with Gasteiger partial charge >= 0.3 is 5.91 Å². The Labute approximate surface area is 207 Å². The summed E-state index contributed by atoms with van der Waals surface area (Å²) in [4.78, 5) is 33.2. The van der Waals surface area contributed by atoms with Crippen LogP contribution in [0.3, 0.4) is 0 Å². The van der Waals surface area contributed by atoms with Gasteiger partial charge < -0.3 is 14.6 Å². The average molecular weight is 513 g/mol. The van der Waals surface area contributed by atoms with Crippen LogP contribution in [-0.2, 0) is 9.59 Å². The third-order valence-corrected chi connectivity index (χ3v) is 7.64. The Bertz CT molecular complexity index is 1460. The summed E-state index contributed by atoms with van der Waals surface area (Å²) in [6, 6.07) is 12.9. The summed E-state index contributed by atoms with van der Waals surface area (Å²) >= 11 is 8.74. The van der Waals surface area contributed by atoms with Gasteiger partial charge in [0.15, 0.2) is 5.13 Å². The minimum Gasteiger partial charge on any atom is -0.507 e. The number of thiazole rings is 1. The van der Waals surface area contributed by atoms with E-state index in [0.29, 0.717) is 32.0 Å². The van der Waals surface area contributed by atoms with Crippen molar-refractivity contribution >= 4 is 67.1 Å². The largest absolute Gasteiger partial charge is 0.507 e. The van der Waals surface area contributed by atoms with Crippen molar-refractivity contribution in [3.8, 4) is 11.5 Å². The van der Waals surface area contributed by atoms with Gasteiger partial charge in [-0.1, -0.05) is 29.0 Å². The van der Waals surface area contributed by atoms with Crippen molar-refractivity contribution in [3.63, 3.8) is 0 Å². The number of ether oxygens (including phenoxy) is 2. The zero-order chi connectivity index (χ0) is 24.0. The standard InChI is InChI=1S/C24H17ClN2O5S2/c1-31-13-6-8-16(32-2)14(11-13)21(28)19-20(17-4-3-9-33-17)27(23(30)22(19)29)24-26-15-7-5-12(25)10-18(15)34-24/h3-11,20,28H,1-2H3/b21-19+. The van der Waals surface area contributed by atoms with E-state index in [1.807, 2.05) is 17.5 Å². The number of aliphatic hydroxyl groups excluding tert-OH is 1. The van der Waals surface area contributed by atoms with Gasteiger partial charge in [0, 0.05) is 9.90 Å². The van der Waals surface area contributed by atoms with Crippen LogP contribution in [0.15, 0.2) is 59.5 Å². The van der Waals surface area contributed by atoms with Crippen LogP contribution in [0.25, 0.3) is 16.0 Å². The van der Waals surface area contributed by atoms with Gasteiger partial charge in [0.2, 0.25) is 0 Å². The van der Waals surface area contributed by atoms with Crippen LogP contribution in [0.1, 0.15) is 16.5 Å². The maximum Gasteiger partial charge on any atom is 0.301 e. The van der Waals surface area contributed by atoms with Crippen molar-refractivity contribution < 1.29 is 24.2 Å². The van der Waals surface area contributed by atoms with Crippen LogP contribution in [0.5, 0.6) is 11.5 Å². The van der Waals surface area contributed by atoms with Crippen molar-refractivity contribution in [2.75, 3.05) is 19.1 Å². The van der Waals surface area contributed by atoms with Gasteiger partial charge in [-0.05, 0) is 47.8 Å². The molecule has 1 N–H and O–H groups in total. The molecule has 4 aromatic rings. The summed E-state index contributed by atoms with van der Waals surface area (Å²) < 4.78 is 11.5. The van der Waals surface area contributed by atoms with Gasteiger partial charge in [0.1, 0.15) is 23.3 Å². The molecule has 34 heavy (non-hydrogen) atoms. The van der Waals surface area contributed by atoms with Gasteiger partial charge in [0.25, 0.3) is 5.78 Å². The maximum atomic E-state index is 13.3. The van der Waals surface area contributed by atoms with Crippen LogP contribution in [0.4, 0.5) is 5.13 Å². The molecule has 0 bridgehead atoms. The third kappa shape index (κ3) is 3.62. The Morgan fingerprint density at radius 3 is 2.65 bits per heavy atom. The molecule has 1 atom stereocenters. The smallest absolute Gasteiger partial charge is 0.301 e. The molecular formula is C24H17ClN2O5S2. The molecule has 172 valence electrons. The Hall–Kier alpha value is -3.40. The number of Topliss-reactive ketones (excluding diaryl/α,β-unsaturated/α-hetero) is 1. The van der Waals surface area contributed by atoms with Gasteiger partial charge in [-0.3, -0.25) is 14.5 Å². The molecule has 1 unspecified atom stereocenters. The predicted octanol–water partition coefficient (Wildman–Crippen LogP) is 5.65. The quantitative estimate of drug-likeness (QED) is 0.211. The minimum atomic E-state index is -0.855. The zero-order valence-electron chi connectivity index (χ0n) is 17.9. The number of rotatable bonds is 5. The first kappa shape index (κ1) is 22.4. The molecule has 5 rings (SSSR count). The second kappa shape index (κ2) is 8.75. The predicted molar refractivity (Wildman–Crippen MR) is 133 cm³/mol. The fourth-order valence-corrected chi connectivity index (χ4v) is 5.97. The van der Waals surface area contributed by atoms with Crippen LogP contribution < -0.4 is 14.4 Å². The molecule has 1 aliphatic heterocycles. The summed E-state index contributed by atoms with van der Waals surface area (Å²) in [5.74, 6) is -1.12. The summed E-state index contributed by atoms with van der Waals surface area (Å²) in [5, 5.41) is 14.1. The van der Waals surface area contributed by atoms with Crippen LogP contribution in [0.2, 0.25) is 5.02 Å². The monoisotopic (exact) mass is 512 g/mol. The van der Waals surface area contributed by atoms with Crippen molar-refractivity contribution in [2.24, 2.45) is 0 Å². The first-order chi connectivity index (χ1) is 16.4. The molecule has 7 nitrogen and oxygen atoms in total. The number of fused-ring (bicyclic) bond motifs is 1. The lowest BCUT2D eigenvalue weighted by molar-refractivity contribution is -0.132. The number of halogens is 1. The molecule has 1 amide bonds. The lowest BCUT2D eigenvalue weighted by atomic mass is 9.99. The highest BCUT2D eigenvalue weighted by Gasteiger charge is 2.48. The Morgan fingerprint density at radius 2 is 1.94 bits per heavy atom. The van der Waals surface area contributed by atoms with E-state index in [-0.39, 0.29) is 16.9 Å². The van der Waals surface area contributed by atoms with E-state index >= 15 is 0 Å². The normalized spacial score (nSPS) is 17.5. The highest BCUT2D eigenvalue weighted by Crippen LogP contribution is 2.46. The number of methoxy groups -OCH3 is 2. The molecule has 1 saturated heterocycles. The van der Waals surface area contributed by atoms with E-state index in [9.17, 15) is 14.7 Å². The number of benzene rings is 2. The van der Waals surface area contributed by atoms with Crippen LogP contribution in [0, 0.1) is 0 Å². The van der Waals surface area contributed by atoms with Gasteiger partial charge in [-0.2, -0.15) is 0 Å². The van der Waals surface area contributed by atoms with E-state index in [2.05, 4.69) is 4.98 Å². The SMILES string of the molecule is COc1ccc(OC)c(/C(O)=C2\C(=O)C(=O)N(c3nc4ccc(Cl)cc4s3)C2c2cccs2)c1. The van der Waals surface area contributed by atoms with E-state index in [0.717, 1.165) is 4.70 Å². The fraction of sp³-hybridized carbons (Fsp3) is 0.125. The Kier molecular flexibility index (Phi) is 5.76. The summed E-state index contributed by atoms with van der Waals surface area (Å²) in [6.45, 7) is 0. The zero-order valence-corrected chi connectivity index (χ0v) is 20.3. The maximum absolute atomic E-state index is 13.3. The molecule has 2 aromatic carbocycles. The molecule has 1 aliphatic rings. The Morgan fingerprint density at radius 1 is 1.12 bits per heavy atom. The molecule has 1 fully saturated rings. The van der Waals surface area contributed by atoms with E-state index in [1.54, 1.807) is 36.4 Å². The lowest BCUT2D eigenvalue weighted by Gasteiger charge is -2.21. The number of anilines is 1. The van der Waals surface area contributed by atoms with Crippen molar-refractivity contribution in [3.05, 3.63) is 74.9 Å². The van der Waals surface area contributed by atoms with Gasteiger partial charge in [0.05, 0.1) is 35.6 Å². The molecule has 0 radical (unpaired) electrons. The number of hydrogen-bond donors (Lipinski definition) is 1. The first-order valence-electron chi connectivity index (χ1n) is 10.1. The van der Waals surface area contributed by atoms with E-state index in [4.69, 9.17) is 21.1 Å². The summed E-state index contributed by atoms with van der Waals surface area (Å²) in [6.07, 6.45) is 0. The fourth-order valence-electron chi connectivity index (χ4n) is 3.88. The van der Waals surface area contributed by atoms with E-state index in [1.165, 1.54) is 41.8 Å². The second-order valence-electron chi connectivity index (χ2n) is 7.36. The number of carbonyl (C=O) groups is 2. The average Bonchev–Trinajstić information content (AvgIpc) is 3.56. The number of amides is 1. The minimum absolute atomic E-state index is 0.0451. The number of carbonyl (C=O) groups excluding carboxylic acids is 2. The van der Waals surface area contributed by atoms with Crippen molar-refractivity contribution in [1.29, 1.82) is 0 Å². The summed E-state index contributed by atoms with van der Waals surface area (Å²) in [5.41, 5.74) is 0.861. The topological polar surface area (TPSA) is 89.0 Å². The number of aromatic nitrogens is 1. The molecule has 0 aliphatic carbocycles. The third-order valence-electron chi connectivity index (χ3n) is 5.46. The molecule has 0 spiro atoms. The number of hydrogen-bond acceptors (Lipinski definition) is 8. The van der Waals surface area contributed by atoms with Crippen LogP contribution >= 0.6 is 34.3 Å². The highest BCUT2D eigenvalue weighted by atomic mass is 35.5. The molecule has 0 saturated carbocycles. The van der Waals surface area contributed by atoms with Crippen molar-refractivity contribution in [1.82, 2.24) is 4.98 Å². The number of aliphatic hydroxyl groups is 1. The molecular weight excluding hydrogens is 496 g/mol. The van der Waals surface area contributed by atoms with E-state index < -0.39 is 17.7 Å². The number of nitrogens with zero attached hydrogens (tertiary/aromatic N) is 2. The number of thiophene rings is 1. The Balaban J connectivity index is 1.73. The lowest BCUT2D eigenvalue weighted by Crippen LogP contribution is -2.28. The molecule has 2 aromatic heterocycles. The second-order valence-corrected chi connectivity index (χ2v) is 9.78. The van der Waals surface area contributed by atoms with Gasteiger partial charge in [-0.25, -0.2) is 4.98 Å². The summed E-state index contributed by atoms with van der Waals surface area (Å²) in [7, 11) is 2.95. The molecule has 10 heteroatoms. The molecule has 3 heterocycles. The number of ketones is 1. The van der Waals surface area contributed by atoms with Crippen molar-refractivity contribution in [2.45, 2.75) is 6.04 Å². The highest BCUT2D eigenvalue weighted by molar-refractivity contribution is 7.22.